The van der Waals surface area contributed by atoms with Crippen molar-refractivity contribution in [3.05, 3.63) is 23.8 Å². The van der Waals surface area contributed by atoms with Gasteiger partial charge in [-0.1, -0.05) is 30.7 Å². The van der Waals surface area contributed by atoms with E-state index >= 15 is 0 Å². The van der Waals surface area contributed by atoms with Crippen molar-refractivity contribution in [3.63, 3.8) is 0 Å². The Labute approximate surface area is 167 Å². The topological polar surface area (TPSA) is 6.48 Å². The quantitative estimate of drug-likeness (QED) is 0.624. The van der Waals surface area contributed by atoms with Gasteiger partial charge in [-0.25, -0.2) is 0 Å². The highest BCUT2D eigenvalue weighted by molar-refractivity contribution is 5.28. The molecule has 0 aromatic rings. The number of hydrogen-bond acceptors (Lipinski definition) is 2. The van der Waals surface area contributed by atoms with Crippen LogP contribution in [0.15, 0.2) is 23.8 Å². The number of nitrogens with zero attached hydrogens (tertiary/aromatic N) is 2. The maximum absolute atomic E-state index is 12.8. The van der Waals surface area contributed by atoms with Crippen LogP contribution in [0.25, 0.3) is 0 Å². The van der Waals surface area contributed by atoms with Gasteiger partial charge >= 0.3 is 6.18 Å². The van der Waals surface area contributed by atoms with Crippen LogP contribution in [0, 0.1) is 23.2 Å². The molecule has 0 radical (unpaired) electrons. The third-order valence-corrected chi connectivity index (χ3v) is 8.04. The summed E-state index contributed by atoms with van der Waals surface area (Å²) in [5.41, 5.74) is 1.55. The second-order valence-corrected chi connectivity index (χ2v) is 10.0. The van der Waals surface area contributed by atoms with Gasteiger partial charge in [-0.3, -0.25) is 4.90 Å². The molecule has 158 valence electrons. The van der Waals surface area contributed by atoms with Gasteiger partial charge < -0.3 is 4.90 Å². The Bertz CT molecular complexity index is 626. The molecule has 1 unspecified atom stereocenters. The molecule has 2 aliphatic heterocycles. The first-order valence-corrected chi connectivity index (χ1v) is 11.1. The third kappa shape index (κ3) is 4.35. The monoisotopic (exact) mass is 396 g/mol. The van der Waals surface area contributed by atoms with Crippen LogP contribution in [0.5, 0.6) is 0 Å². The largest absolute Gasteiger partial charge is 0.401 e. The number of allylic oxidation sites excluding steroid dienone is 3. The van der Waals surface area contributed by atoms with Crippen LogP contribution in [0.3, 0.4) is 0 Å². The van der Waals surface area contributed by atoms with Gasteiger partial charge in [-0.15, -0.1) is 0 Å². The molecular weight excluding hydrogens is 361 g/mol. The van der Waals surface area contributed by atoms with Crippen molar-refractivity contribution in [2.45, 2.75) is 64.6 Å². The molecule has 2 nitrogen and oxygen atoms in total. The van der Waals surface area contributed by atoms with Crippen LogP contribution < -0.4 is 0 Å². The molecule has 1 saturated carbocycles. The number of alkyl halides is 3. The smallest absolute Gasteiger partial charge is 0.300 e. The van der Waals surface area contributed by atoms with Crippen LogP contribution in [-0.4, -0.2) is 54.7 Å². The van der Waals surface area contributed by atoms with Gasteiger partial charge in [0.25, 0.3) is 0 Å². The molecule has 0 spiro atoms. The van der Waals surface area contributed by atoms with Gasteiger partial charge in [-0.2, -0.15) is 13.2 Å². The van der Waals surface area contributed by atoms with Crippen LogP contribution in [0.4, 0.5) is 13.2 Å². The van der Waals surface area contributed by atoms with Gasteiger partial charge in [0.05, 0.1) is 6.54 Å². The fourth-order valence-corrected chi connectivity index (χ4v) is 6.40. The van der Waals surface area contributed by atoms with Crippen molar-refractivity contribution >= 4 is 0 Å². The number of hydrogen-bond donors (Lipinski definition) is 0. The Morgan fingerprint density at radius 2 is 2.00 bits per heavy atom. The lowest BCUT2D eigenvalue weighted by Gasteiger charge is -2.38. The minimum atomic E-state index is -4.08. The summed E-state index contributed by atoms with van der Waals surface area (Å²) in [6.07, 6.45) is 10.1. The van der Waals surface area contributed by atoms with E-state index in [4.69, 9.17) is 0 Å². The summed E-state index contributed by atoms with van der Waals surface area (Å²) in [6, 6.07) is 0.718. The standard InChI is InChI=1S/C23H35F3N2/c1-17-4-3-12-28(17)13-9-18-7-10-22(2,11-8-18)21-6-5-19-14-27(15-20(19)21)16-23(24,25)26/h7-8,10,17,19-21H,3-6,9,11-16H2,1-2H3/t17-,19-,20+,21-,22?/m1/s1. The highest BCUT2D eigenvalue weighted by atomic mass is 19.4. The van der Waals surface area contributed by atoms with E-state index in [1.54, 1.807) is 4.90 Å². The van der Waals surface area contributed by atoms with E-state index < -0.39 is 12.7 Å². The van der Waals surface area contributed by atoms with Crippen LogP contribution in [0.1, 0.15) is 52.4 Å². The first-order valence-electron chi connectivity index (χ1n) is 11.1. The molecule has 0 aromatic heterocycles. The van der Waals surface area contributed by atoms with E-state index in [1.807, 2.05) is 0 Å². The Morgan fingerprint density at radius 3 is 2.64 bits per heavy atom. The van der Waals surface area contributed by atoms with Crippen molar-refractivity contribution in [2.75, 3.05) is 32.7 Å². The van der Waals surface area contributed by atoms with Gasteiger partial charge in [0.2, 0.25) is 0 Å². The fourth-order valence-electron chi connectivity index (χ4n) is 6.40. The molecule has 4 rings (SSSR count). The highest BCUT2D eigenvalue weighted by Gasteiger charge is 2.50. The average molecular weight is 397 g/mol. The minimum absolute atomic E-state index is 0.109. The van der Waals surface area contributed by atoms with E-state index in [1.165, 1.54) is 31.4 Å². The van der Waals surface area contributed by atoms with Crippen LogP contribution >= 0.6 is 0 Å². The zero-order valence-electron chi connectivity index (χ0n) is 17.3. The molecule has 5 heteroatoms. The summed E-state index contributed by atoms with van der Waals surface area (Å²) >= 11 is 0. The second kappa shape index (κ2) is 7.79. The molecule has 0 amide bonds. The molecule has 0 bridgehead atoms. The third-order valence-electron chi connectivity index (χ3n) is 8.04. The number of rotatable bonds is 5. The van der Waals surface area contributed by atoms with E-state index in [-0.39, 0.29) is 5.41 Å². The Hall–Kier alpha value is -0.810. The van der Waals surface area contributed by atoms with Crippen molar-refractivity contribution in [1.29, 1.82) is 0 Å². The van der Waals surface area contributed by atoms with E-state index in [2.05, 4.69) is 37.0 Å². The van der Waals surface area contributed by atoms with Crippen LogP contribution in [0.2, 0.25) is 0 Å². The molecule has 0 aromatic carbocycles. The van der Waals surface area contributed by atoms with E-state index in [9.17, 15) is 13.2 Å². The number of halogens is 3. The highest BCUT2D eigenvalue weighted by Crippen LogP contribution is 2.53. The first kappa shape index (κ1) is 20.5. The maximum Gasteiger partial charge on any atom is 0.401 e. The Kier molecular flexibility index (Phi) is 5.69. The Balaban J connectivity index is 1.33. The summed E-state index contributed by atoms with van der Waals surface area (Å²) in [4.78, 5) is 4.24. The van der Waals surface area contributed by atoms with Gasteiger partial charge in [0.15, 0.2) is 0 Å². The SMILES string of the molecule is C[C@@H]1CCCN1CCC1=CCC(C)([C@@H]2CC[C@@H]3CN(CC(F)(F)F)C[C@@H]32)C=C1. The molecule has 0 N–H and O–H groups in total. The zero-order chi connectivity index (χ0) is 19.9. The molecule has 3 fully saturated rings. The molecule has 2 heterocycles. The average Bonchev–Trinajstić information content (AvgIpc) is 3.29. The lowest BCUT2D eigenvalue weighted by molar-refractivity contribution is -0.144. The molecule has 4 aliphatic rings. The molecule has 28 heavy (non-hydrogen) atoms. The lowest BCUT2D eigenvalue weighted by Crippen LogP contribution is -2.36. The van der Waals surface area contributed by atoms with Crippen LogP contribution in [-0.2, 0) is 0 Å². The van der Waals surface area contributed by atoms with Gasteiger partial charge in [0.1, 0.15) is 0 Å². The molecule has 5 atom stereocenters. The van der Waals surface area contributed by atoms with Crippen molar-refractivity contribution in [1.82, 2.24) is 9.80 Å². The van der Waals surface area contributed by atoms with Crippen molar-refractivity contribution in [2.24, 2.45) is 23.2 Å². The van der Waals surface area contributed by atoms with Crippen molar-refractivity contribution in [3.8, 4) is 0 Å². The summed E-state index contributed by atoms with van der Waals surface area (Å²) < 4.78 is 38.4. The predicted octanol–water partition coefficient (Wildman–Crippen LogP) is 5.27. The molecule has 2 aliphatic carbocycles. The minimum Gasteiger partial charge on any atom is -0.300 e. The molecule has 2 saturated heterocycles. The lowest BCUT2D eigenvalue weighted by atomic mass is 9.67. The maximum atomic E-state index is 12.8. The zero-order valence-corrected chi connectivity index (χ0v) is 17.3. The van der Waals surface area contributed by atoms with E-state index in [0.29, 0.717) is 30.8 Å². The van der Waals surface area contributed by atoms with Crippen molar-refractivity contribution < 1.29 is 13.2 Å². The normalized spacial score (nSPS) is 39.5. The number of likely N-dealkylation sites (tertiary alicyclic amines) is 2. The summed E-state index contributed by atoms with van der Waals surface area (Å²) in [5.74, 6) is 1.40. The summed E-state index contributed by atoms with van der Waals surface area (Å²) in [7, 11) is 0. The van der Waals surface area contributed by atoms with E-state index in [0.717, 1.165) is 31.8 Å². The first-order chi connectivity index (χ1) is 13.2. The Morgan fingerprint density at radius 1 is 1.18 bits per heavy atom. The molecular formula is C23H35F3N2. The van der Waals surface area contributed by atoms with Gasteiger partial charge in [-0.05, 0) is 75.2 Å². The summed E-state index contributed by atoms with van der Waals surface area (Å²) in [6.45, 7) is 7.56. The predicted molar refractivity (Wildman–Crippen MR) is 107 cm³/mol. The summed E-state index contributed by atoms with van der Waals surface area (Å²) in [5, 5.41) is 0. The second-order valence-electron chi connectivity index (χ2n) is 10.0. The van der Waals surface area contributed by atoms with Gasteiger partial charge in [0, 0.05) is 25.7 Å². The fraction of sp³-hybridized carbons (Fsp3) is 0.826. The number of fused-ring (bicyclic) bond motifs is 1.